The smallest absolute Gasteiger partial charge is 0.429 e. The molecule has 0 aromatic heterocycles. The first-order chi connectivity index (χ1) is 13.2. The summed E-state index contributed by atoms with van der Waals surface area (Å²) in [6.45, 7) is 7.36. The van der Waals surface area contributed by atoms with Crippen LogP contribution in [0.3, 0.4) is 0 Å². The monoisotopic (exact) mass is 395 g/mol. The van der Waals surface area contributed by atoms with Gasteiger partial charge >= 0.3 is 12.2 Å². The highest BCUT2D eigenvalue weighted by Crippen LogP contribution is 2.36. The van der Waals surface area contributed by atoms with E-state index in [1.807, 2.05) is 12.1 Å². The lowest BCUT2D eigenvalue weighted by Crippen LogP contribution is -2.56. The fourth-order valence-electron chi connectivity index (χ4n) is 2.87. The van der Waals surface area contributed by atoms with Crippen LogP contribution >= 0.6 is 0 Å². The third kappa shape index (κ3) is 5.34. The van der Waals surface area contributed by atoms with Crippen molar-refractivity contribution in [1.82, 2.24) is 10.4 Å². The van der Waals surface area contributed by atoms with Gasteiger partial charge < -0.3 is 24.3 Å². The van der Waals surface area contributed by atoms with Crippen molar-refractivity contribution >= 4 is 17.9 Å². The zero-order valence-electron chi connectivity index (χ0n) is 17.2. The van der Waals surface area contributed by atoms with E-state index in [1.165, 1.54) is 5.01 Å². The van der Waals surface area contributed by atoms with E-state index in [4.69, 9.17) is 18.9 Å². The number of anilines is 1. The molecule has 1 atom stereocenters. The van der Waals surface area contributed by atoms with Gasteiger partial charge in [0, 0.05) is 18.3 Å². The molecule has 2 rings (SSSR count). The van der Waals surface area contributed by atoms with Crippen LogP contribution in [0.4, 0.5) is 15.3 Å². The topological polar surface area (TPSA) is 98.4 Å². The molecule has 1 aromatic rings. The van der Waals surface area contributed by atoms with Gasteiger partial charge in [-0.2, -0.15) is 0 Å². The van der Waals surface area contributed by atoms with Crippen LogP contribution in [-0.2, 0) is 15.9 Å². The van der Waals surface area contributed by atoms with Gasteiger partial charge in [0.25, 0.3) is 0 Å². The molecule has 156 valence electrons. The number of fused-ring (bicyclic) bond motifs is 1. The standard InChI is InChI=1S/C19H29N3O6/c1-11(2)27-18(23)21-22(19(24)28-12(3)4)14-7-13-8-16(25-5)17(26-6)9-15(13)20-10-14/h8-9,11-12,14,20H,7,10H2,1-6H3,(H,21,23). The maximum Gasteiger partial charge on any atom is 0.429 e. The van der Waals surface area contributed by atoms with E-state index in [1.54, 1.807) is 41.9 Å². The predicted octanol–water partition coefficient (Wildman–Crippen LogP) is 2.94. The number of carbonyl (C=O) groups is 2. The minimum Gasteiger partial charge on any atom is -0.493 e. The van der Waals surface area contributed by atoms with Gasteiger partial charge in [0.05, 0.1) is 32.5 Å². The van der Waals surface area contributed by atoms with E-state index < -0.39 is 12.2 Å². The Hall–Kier alpha value is -2.84. The minimum atomic E-state index is -0.714. The average Bonchev–Trinajstić information content (AvgIpc) is 2.63. The molecule has 1 heterocycles. The van der Waals surface area contributed by atoms with E-state index in [9.17, 15) is 9.59 Å². The van der Waals surface area contributed by atoms with Crippen LogP contribution in [0.2, 0.25) is 0 Å². The third-order valence-electron chi connectivity index (χ3n) is 4.05. The number of hydrogen-bond acceptors (Lipinski definition) is 7. The second-order valence-corrected chi connectivity index (χ2v) is 6.97. The maximum absolute atomic E-state index is 12.6. The number of methoxy groups -OCH3 is 2. The molecule has 1 unspecified atom stereocenters. The molecule has 0 aliphatic carbocycles. The van der Waals surface area contributed by atoms with Crippen LogP contribution in [0.1, 0.15) is 33.3 Å². The van der Waals surface area contributed by atoms with Crippen LogP contribution in [-0.4, -0.2) is 56.2 Å². The summed E-state index contributed by atoms with van der Waals surface area (Å²) in [4.78, 5) is 24.7. The first-order valence-corrected chi connectivity index (χ1v) is 9.21. The summed E-state index contributed by atoms with van der Waals surface area (Å²) in [5, 5.41) is 4.44. The molecule has 0 bridgehead atoms. The van der Waals surface area contributed by atoms with E-state index in [0.717, 1.165) is 11.3 Å². The Morgan fingerprint density at radius 1 is 1.07 bits per heavy atom. The number of nitrogens with zero attached hydrogens (tertiary/aromatic N) is 1. The van der Waals surface area contributed by atoms with E-state index in [0.29, 0.717) is 24.5 Å². The Balaban J connectivity index is 2.24. The van der Waals surface area contributed by atoms with Crippen molar-refractivity contribution in [3.8, 4) is 11.5 Å². The number of rotatable bonds is 5. The van der Waals surface area contributed by atoms with Crippen LogP contribution in [0, 0.1) is 0 Å². The molecule has 9 nitrogen and oxygen atoms in total. The minimum absolute atomic E-state index is 0.315. The first kappa shape index (κ1) is 21.5. The van der Waals surface area contributed by atoms with E-state index in [-0.39, 0.29) is 18.2 Å². The summed E-state index contributed by atoms with van der Waals surface area (Å²) in [5.41, 5.74) is 4.32. The van der Waals surface area contributed by atoms with Crippen LogP contribution in [0.5, 0.6) is 11.5 Å². The van der Waals surface area contributed by atoms with Crippen LogP contribution in [0.25, 0.3) is 0 Å². The number of carbonyl (C=O) groups excluding carboxylic acids is 2. The first-order valence-electron chi connectivity index (χ1n) is 9.21. The molecule has 28 heavy (non-hydrogen) atoms. The van der Waals surface area contributed by atoms with Gasteiger partial charge in [-0.25, -0.2) is 20.0 Å². The number of hydrogen-bond donors (Lipinski definition) is 2. The SMILES string of the molecule is COc1cc2c(cc1OC)NCC(N(NC(=O)OC(C)C)C(=O)OC(C)C)C2. The molecule has 0 fully saturated rings. The lowest BCUT2D eigenvalue weighted by molar-refractivity contribution is 0.0327. The van der Waals surface area contributed by atoms with Gasteiger partial charge in [0.15, 0.2) is 11.5 Å². The summed E-state index contributed by atoms with van der Waals surface area (Å²) in [6, 6.07) is 3.32. The highest BCUT2D eigenvalue weighted by atomic mass is 16.6. The van der Waals surface area contributed by atoms with Crippen molar-refractivity contribution in [2.24, 2.45) is 0 Å². The Morgan fingerprint density at radius 3 is 2.25 bits per heavy atom. The Bertz CT molecular complexity index is 707. The van der Waals surface area contributed by atoms with Crippen molar-refractivity contribution in [3.63, 3.8) is 0 Å². The van der Waals surface area contributed by atoms with E-state index >= 15 is 0 Å². The summed E-state index contributed by atoms with van der Waals surface area (Å²) in [5.74, 6) is 1.20. The quantitative estimate of drug-likeness (QED) is 0.740. The van der Waals surface area contributed by atoms with Crippen molar-refractivity contribution in [1.29, 1.82) is 0 Å². The van der Waals surface area contributed by atoms with E-state index in [2.05, 4.69) is 10.7 Å². The molecular formula is C19H29N3O6. The van der Waals surface area contributed by atoms with Crippen LogP contribution in [0.15, 0.2) is 12.1 Å². The molecule has 2 amide bonds. The van der Waals surface area contributed by atoms with Crippen molar-refractivity contribution in [3.05, 3.63) is 17.7 Å². The van der Waals surface area contributed by atoms with Gasteiger partial charge in [0.1, 0.15) is 0 Å². The number of nitrogens with one attached hydrogen (secondary N) is 2. The zero-order valence-corrected chi connectivity index (χ0v) is 17.2. The summed E-state index contributed by atoms with van der Waals surface area (Å²) >= 11 is 0. The molecule has 0 spiro atoms. The molecule has 1 aliphatic heterocycles. The number of benzene rings is 1. The fourth-order valence-corrected chi connectivity index (χ4v) is 2.87. The Labute approximate surface area is 165 Å². The highest BCUT2D eigenvalue weighted by Gasteiger charge is 2.32. The van der Waals surface area contributed by atoms with Crippen molar-refractivity contribution < 1.29 is 28.5 Å². The van der Waals surface area contributed by atoms with Gasteiger partial charge in [-0.3, -0.25) is 0 Å². The molecule has 0 radical (unpaired) electrons. The summed E-state index contributed by atoms with van der Waals surface area (Å²) < 4.78 is 21.1. The second-order valence-electron chi connectivity index (χ2n) is 6.97. The predicted molar refractivity (Wildman–Crippen MR) is 104 cm³/mol. The second kappa shape index (κ2) is 9.38. The number of ether oxygens (including phenoxy) is 4. The molecule has 1 aromatic carbocycles. The number of amides is 2. The number of hydrazine groups is 1. The highest BCUT2D eigenvalue weighted by molar-refractivity contribution is 5.75. The summed E-state index contributed by atoms with van der Waals surface area (Å²) in [7, 11) is 3.14. The molecule has 0 saturated heterocycles. The zero-order chi connectivity index (χ0) is 20.8. The average molecular weight is 395 g/mol. The molecule has 9 heteroatoms. The van der Waals surface area contributed by atoms with Crippen molar-refractivity contribution in [2.75, 3.05) is 26.1 Å². The molecule has 1 aliphatic rings. The lowest BCUT2D eigenvalue weighted by atomic mass is 9.98. The fraction of sp³-hybridized carbons (Fsp3) is 0.579. The van der Waals surface area contributed by atoms with Gasteiger partial charge in [-0.15, -0.1) is 0 Å². The van der Waals surface area contributed by atoms with Gasteiger partial charge in [-0.05, 0) is 45.7 Å². The lowest BCUT2D eigenvalue weighted by Gasteiger charge is -2.35. The van der Waals surface area contributed by atoms with Gasteiger partial charge in [0.2, 0.25) is 0 Å². The molecule has 2 N–H and O–H groups in total. The Kier molecular flexibility index (Phi) is 7.19. The normalized spacial score (nSPS) is 15.4. The van der Waals surface area contributed by atoms with Gasteiger partial charge in [-0.1, -0.05) is 0 Å². The largest absolute Gasteiger partial charge is 0.493 e. The summed E-state index contributed by atoms with van der Waals surface area (Å²) in [6.07, 6.45) is -1.52. The molecular weight excluding hydrogens is 366 g/mol. The Morgan fingerprint density at radius 2 is 1.68 bits per heavy atom. The van der Waals surface area contributed by atoms with Crippen LogP contribution < -0.4 is 20.2 Å². The van der Waals surface area contributed by atoms with Crippen molar-refractivity contribution in [2.45, 2.75) is 52.4 Å². The maximum atomic E-state index is 12.6. The third-order valence-corrected chi connectivity index (χ3v) is 4.05. The molecule has 0 saturated carbocycles.